The summed E-state index contributed by atoms with van der Waals surface area (Å²) in [5.41, 5.74) is 9.77. The molecule has 3 rings (SSSR count). The van der Waals surface area contributed by atoms with Crippen molar-refractivity contribution in [1.82, 2.24) is 9.80 Å². The summed E-state index contributed by atoms with van der Waals surface area (Å²) in [6.07, 6.45) is 7.06. The second kappa shape index (κ2) is 11.6. The van der Waals surface area contributed by atoms with Gasteiger partial charge in [0.15, 0.2) is 0 Å². The maximum Gasteiger partial charge on any atom is 0.248 e. The number of nitrogens with zero attached hydrogens (tertiary/aromatic N) is 3. The van der Waals surface area contributed by atoms with Crippen molar-refractivity contribution in [3.8, 4) is 0 Å². The van der Waals surface area contributed by atoms with E-state index in [1.54, 1.807) is 0 Å². The number of primary amides is 1. The summed E-state index contributed by atoms with van der Waals surface area (Å²) in [6.45, 7) is 9.32. The first-order valence-electron chi connectivity index (χ1n) is 11.5. The smallest absolute Gasteiger partial charge is 0.248 e. The van der Waals surface area contributed by atoms with Crippen molar-refractivity contribution in [2.45, 2.75) is 46.1 Å². The molecule has 0 spiro atoms. The first-order valence-corrected chi connectivity index (χ1v) is 11.5. The highest BCUT2D eigenvalue weighted by Crippen LogP contribution is 2.25. The van der Waals surface area contributed by atoms with Crippen LogP contribution in [0.4, 0.5) is 5.69 Å². The second-order valence-electron chi connectivity index (χ2n) is 8.31. The summed E-state index contributed by atoms with van der Waals surface area (Å²) >= 11 is 0. The molecule has 0 radical (unpaired) electrons. The highest BCUT2D eigenvalue weighted by atomic mass is 16.1. The van der Waals surface area contributed by atoms with Gasteiger partial charge in [-0.3, -0.25) is 9.69 Å². The van der Waals surface area contributed by atoms with Crippen molar-refractivity contribution in [3.63, 3.8) is 0 Å². The summed E-state index contributed by atoms with van der Waals surface area (Å²) < 4.78 is 0. The molecule has 1 aliphatic rings. The van der Waals surface area contributed by atoms with Gasteiger partial charge in [0.05, 0.1) is 6.67 Å². The van der Waals surface area contributed by atoms with Crippen molar-refractivity contribution < 1.29 is 4.79 Å². The molecule has 0 saturated heterocycles. The number of hydrogen-bond donors (Lipinski definition) is 1. The van der Waals surface area contributed by atoms with Gasteiger partial charge in [-0.2, -0.15) is 0 Å². The van der Waals surface area contributed by atoms with Crippen LogP contribution in [-0.4, -0.2) is 42.0 Å². The fourth-order valence-corrected chi connectivity index (χ4v) is 3.91. The first kappa shape index (κ1) is 22.9. The van der Waals surface area contributed by atoms with E-state index in [1.807, 2.05) is 24.3 Å². The topological polar surface area (TPSA) is 52.8 Å². The standard InChI is InChI=1S/C26H36N4O/c1-3-5-16-28(18-22-12-14-23(15-13-22)26(27)31)19-25-20-30(21-29(25)17-6-4-2)24-10-8-7-9-11-24/h7-15,20H,3-6,16-19,21H2,1-2H3,(H2,27,31). The molecule has 2 aromatic carbocycles. The Kier molecular flexibility index (Phi) is 8.53. The second-order valence-corrected chi connectivity index (χ2v) is 8.31. The third-order valence-electron chi connectivity index (χ3n) is 5.76. The summed E-state index contributed by atoms with van der Waals surface area (Å²) in [5.74, 6) is -0.377. The Balaban J connectivity index is 1.75. The highest BCUT2D eigenvalue weighted by Gasteiger charge is 2.23. The quantitative estimate of drug-likeness (QED) is 0.535. The molecule has 0 atom stereocenters. The number of hydrogen-bond acceptors (Lipinski definition) is 4. The lowest BCUT2D eigenvalue weighted by molar-refractivity contribution is 0.100. The number of carbonyl (C=O) groups excluding carboxylic acids is 1. The zero-order chi connectivity index (χ0) is 22.1. The van der Waals surface area contributed by atoms with Gasteiger partial charge >= 0.3 is 0 Å². The lowest BCUT2D eigenvalue weighted by atomic mass is 10.1. The van der Waals surface area contributed by atoms with Gasteiger partial charge in [-0.15, -0.1) is 0 Å². The maximum absolute atomic E-state index is 11.4. The first-order chi connectivity index (χ1) is 15.1. The average Bonchev–Trinajstić information content (AvgIpc) is 3.19. The highest BCUT2D eigenvalue weighted by molar-refractivity contribution is 5.92. The van der Waals surface area contributed by atoms with Crippen LogP contribution in [0.15, 0.2) is 66.5 Å². The minimum absolute atomic E-state index is 0.377. The minimum Gasteiger partial charge on any atom is -0.366 e. The van der Waals surface area contributed by atoms with Crippen LogP contribution in [0.1, 0.15) is 55.5 Å². The van der Waals surface area contributed by atoms with E-state index < -0.39 is 0 Å². The van der Waals surface area contributed by atoms with Crippen LogP contribution >= 0.6 is 0 Å². The van der Waals surface area contributed by atoms with Gasteiger partial charge in [-0.1, -0.05) is 57.0 Å². The number of carbonyl (C=O) groups is 1. The lowest BCUT2D eigenvalue weighted by Gasteiger charge is -2.28. The Labute approximate surface area is 187 Å². The van der Waals surface area contributed by atoms with Crippen LogP contribution in [0.5, 0.6) is 0 Å². The molecule has 0 unspecified atom stereocenters. The Morgan fingerprint density at radius 2 is 1.68 bits per heavy atom. The third kappa shape index (κ3) is 6.59. The van der Waals surface area contributed by atoms with Crippen molar-refractivity contribution in [1.29, 1.82) is 0 Å². The molecule has 2 aromatic rings. The largest absolute Gasteiger partial charge is 0.366 e. The van der Waals surface area contributed by atoms with E-state index in [1.165, 1.54) is 42.6 Å². The fourth-order valence-electron chi connectivity index (χ4n) is 3.91. The molecule has 0 bridgehead atoms. The van der Waals surface area contributed by atoms with E-state index in [0.717, 1.165) is 32.8 Å². The Bertz CT molecular complexity index is 847. The van der Waals surface area contributed by atoms with Crippen molar-refractivity contribution >= 4 is 11.6 Å². The zero-order valence-electron chi connectivity index (χ0n) is 19.0. The molecule has 1 aliphatic heterocycles. The van der Waals surface area contributed by atoms with Gasteiger partial charge in [-0.25, -0.2) is 0 Å². The van der Waals surface area contributed by atoms with Gasteiger partial charge in [0.2, 0.25) is 5.91 Å². The Morgan fingerprint density at radius 1 is 0.968 bits per heavy atom. The van der Waals surface area contributed by atoms with Crippen molar-refractivity contribution in [2.24, 2.45) is 5.73 Å². The number of nitrogens with two attached hydrogens (primary N) is 1. The predicted octanol–water partition coefficient (Wildman–Crippen LogP) is 4.81. The van der Waals surface area contributed by atoms with Crippen molar-refractivity contribution in [2.75, 3.05) is 31.2 Å². The van der Waals surface area contributed by atoms with E-state index in [2.05, 4.69) is 65.1 Å². The van der Waals surface area contributed by atoms with E-state index >= 15 is 0 Å². The molecule has 31 heavy (non-hydrogen) atoms. The zero-order valence-corrected chi connectivity index (χ0v) is 19.0. The molecule has 166 valence electrons. The van der Waals surface area contributed by atoms with Gasteiger partial charge in [-0.05, 0) is 49.2 Å². The molecule has 0 saturated carbocycles. The van der Waals surface area contributed by atoms with E-state index in [4.69, 9.17) is 5.73 Å². The number of anilines is 1. The Hall–Kier alpha value is -2.79. The SMILES string of the molecule is CCCCN(CC1=CN(c2ccccc2)CN1CCCC)Cc1ccc(C(N)=O)cc1. The fraction of sp³-hybridized carbons (Fsp3) is 0.423. The number of rotatable bonds is 12. The monoisotopic (exact) mass is 420 g/mol. The number of para-hydroxylation sites is 1. The molecule has 5 heteroatoms. The molecule has 0 aromatic heterocycles. The summed E-state index contributed by atoms with van der Waals surface area (Å²) in [7, 11) is 0. The summed E-state index contributed by atoms with van der Waals surface area (Å²) in [5, 5.41) is 0. The number of benzene rings is 2. The van der Waals surface area contributed by atoms with E-state index in [-0.39, 0.29) is 5.91 Å². The van der Waals surface area contributed by atoms with Crippen LogP contribution in [0, 0.1) is 0 Å². The van der Waals surface area contributed by atoms with E-state index in [9.17, 15) is 4.79 Å². The van der Waals surface area contributed by atoms with Crippen LogP contribution in [0.3, 0.4) is 0 Å². The van der Waals surface area contributed by atoms with E-state index in [0.29, 0.717) is 5.56 Å². The molecule has 1 heterocycles. The van der Waals surface area contributed by atoms with Gasteiger partial charge in [0.1, 0.15) is 0 Å². The van der Waals surface area contributed by atoms with Gasteiger partial charge in [0.25, 0.3) is 0 Å². The average molecular weight is 421 g/mol. The molecule has 0 aliphatic carbocycles. The van der Waals surface area contributed by atoms with Crippen LogP contribution in [0.2, 0.25) is 0 Å². The van der Waals surface area contributed by atoms with Gasteiger partial charge < -0.3 is 15.5 Å². The van der Waals surface area contributed by atoms with Crippen molar-refractivity contribution in [3.05, 3.63) is 77.6 Å². The Morgan fingerprint density at radius 3 is 2.32 bits per heavy atom. The molecular formula is C26H36N4O. The summed E-state index contributed by atoms with van der Waals surface area (Å²) in [6, 6.07) is 18.3. The normalized spacial score (nSPS) is 13.7. The summed E-state index contributed by atoms with van der Waals surface area (Å²) in [4.78, 5) is 18.8. The minimum atomic E-state index is -0.377. The van der Waals surface area contributed by atoms with Crippen LogP contribution in [-0.2, 0) is 6.54 Å². The predicted molar refractivity (Wildman–Crippen MR) is 129 cm³/mol. The molecular weight excluding hydrogens is 384 g/mol. The maximum atomic E-state index is 11.4. The van der Waals surface area contributed by atoms with Crippen LogP contribution in [0.25, 0.3) is 0 Å². The molecule has 2 N–H and O–H groups in total. The molecule has 0 fully saturated rings. The number of unbranched alkanes of at least 4 members (excludes halogenated alkanes) is 2. The van der Waals surface area contributed by atoms with Crippen LogP contribution < -0.4 is 10.6 Å². The lowest BCUT2D eigenvalue weighted by Crippen LogP contribution is -2.34. The molecule has 1 amide bonds. The molecule has 5 nitrogen and oxygen atoms in total. The third-order valence-corrected chi connectivity index (χ3v) is 5.76. The van der Waals surface area contributed by atoms with Gasteiger partial charge in [0, 0.05) is 42.8 Å². The number of amides is 1.